The average molecular weight is 587 g/mol. The van der Waals surface area contributed by atoms with E-state index in [1.54, 1.807) is 24.3 Å². The molecule has 1 atom stereocenters. The van der Waals surface area contributed by atoms with E-state index >= 15 is 0 Å². The van der Waals surface area contributed by atoms with Crippen molar-refractivity contribution in [1.82, 2.24) is 9.97 Å². The quantitative estimate of drug-likeness (QED) is 0.0666. The van der Waals surface area contributed by atoms with Crippen LogP contribution in [-0.2, 0) is 6.42 Å². The summed E-state index contributed by atoms with van der Waals surface area (Å²) in [5.41, 5.74) is 2.48. The minimum Gasteiger partial charge on any atom is -0.491 e. The fourth-order valence-corrected chi connectivity index (χ4v) is 5.30. The molecule has 0 bridgehead atoms. The third kappa shape index (κ3) is 13.8. The van der Waals surface area contributed by atoms with Gasteiger partial charge in [0.05, 0.1) is 11.7 Å². The van der Waals surface area contributed by atoms with Gasteiger partial charge in [-0.05, 0) is 87.2 Å². The molecule has 0 aliphatic rings. The molecule has 0 spiro atoms. The van der Waals surface area contributed by atoms with E-state index in [4.69, 9.17) is 14.5 Å². The second kappa shape index (κ2) is 20.7. The molecule has 2 aromatic carbocycles. The molecule has 0 unspecified atom stereocenters. The Balaban J connectivity index is 1.39. The van der Waals surface area contributed by atoms with Crippen molar-refractivity contribution in [3.63, 3.8) is 0 Å². The number of nitrogens with zero attached hydrogens (tertiary/aromatic N) is 2. The maximum atomic E-state index is 12.7. The summed E-state index contributed by atoms with van der Waals surface area (Å²) in [6.07, 6.45) is 23.5. The molecule has 5 heteroatoms. The number of aromatic nitrogens is 2. The molecular formula is C38H54N2O3. The molecule has 0 saturated carbocycles. The number of rotatable bonds is 22. The first-order chi connectivity index (χ1) is 21.1. The van der Waals surface area contributed by atoms with E-state index < -0.39 is 0 Å². The second-order valence-corrected chi connectivity index (χ2v) is 11.9. The Morgan fingerprint density at radius 1 is 0.674 bits per heavy atom. The molecule has 1 aromatic heterocycles. The van der Waals surface area contributed by atoms with Crippen LogP contribution in [0, 0.1) is 0 Å². The molecular weight excluding hydrogens is 532 g/mol. The maximum absolute atomic E-state index is 12.7. The first-order valence-corrected chi connectivity index (χ1v) is 17.0. The Kier molecular flexibility index (Phi) is 16.5. The predicted octanol–water partition coefficient (Wildman–Crippen LogP) is 11.0. The molecule has 0 amide bonds. The first-order valence-electron chi connectivity index (χ1n) is 17.0. The van der Waals surface area contributed by atoms with Crippen LogP contribution >= 0.6 is 0 Å². The average Bonchev–Trinajstić information content (AvgIpc) is 3.03. The van der Waals surface area contributed by atoms with E-state index in [0.717, 1.165) is 36.3 Å². The number of unbranched alkanes of at least 4 members (excludes halogenated alkanes) is 13. The van der Waals surface area contributed by atoms with Gasteiger partial charge in [0.1, 0.15) is 11.5 Å². The molecule has 0 fully saturated rings. The fraction of sp³-hybridized carbons (Fsp3) is 0.553. The largest absolute Gasteiger partial charge is 0.491 e. The van der Waals surface area contributed by atoms with Gasteiger partial charge in [0, 0.05) is 17.5 Å². The van der Waals surface area contributed by atoms with Crippen molar-refractivity contribution < 1.29 is 14.3 Å². The first kappa shape index (κ1) is 34.3. The molecule has 5 nitrogen and oxygen atoms in total. The lowest BCUT2D eigenvalue weighted by Crippen LogP contribution is -2.12. The summed E-state index contributed by atoms with van der Waals surface area (Å²) in [5.74, 6) is 1.58. The SMILES string of the molecule is CCCCCCCCCCc1ccnc(-c2ccc(OC(=O)c3ccc(O[C@@H](C)CCCCCCCCC)cc3)cc2)n1. The minimum absolute atomic E-state index is 0.154. The van der Waals surface area contributed by atoms with Crippen molar-refractivity contribution in [2.75, 3.05) is 0 Å². The second-order valence-electron chi connectivity index (χ2n) is 11.9. The summed E-state index contributed by atoms with van der Waals surface area (Å²) in [6.45, 7) is 6.62. The Labute approximate surface area is 260 Å². The molecule has 0 aliphatic carbocycles. The van der Waals surface area contributed by atoms with Crippen LogP contribution in [0.25, 0.3) is 11.4 Å². The fourth-order valence-electron chi connectivity index (χ4n) is 5.30. The normalized spacial score (nSPS) is 11.8. The number of ether oxygens (including phenoxy) is 2. The van der Waals surface area contributed by atoms with Crippen molar-refractivity contribution in [1.29, 1.82) is 0 Å². The zero-order chi connectivity index (χ0) is 30.5. The summed E-state index contributed by atoms with van der Waals surface area (Å²) >= 11 is 0. The van der Waals surface area contributed by atoms with Crippen LogP contribution in [0.2, 0.25) is 0 Å². The van der Waals surface area contributed by atoms with E-state index in [-0.39, 0.29) is 12.1 Å². The van der Waals surface area contributed by atoms with Gasteiger partial charge >= 0.3 is 5.97 Å². The number of esters is 1. The zero-order valence-corrected chi connectivity index (χ0v) is 27.0. The smallest absolute Gasteiger partial charge is 0.343 e. The third-order valence-electron chi connectivity index (χ3n) is 7.96. The highest BCUT2D eigenvalue weighted by Gasteiger charge is 2.11. The summed E-state index contributed by atoms with van der Waals surface area (Å²) in [7, 11) is 0. The third-order valence-corrected chi connectivity index (χ3v) is 7.96. The van der Waals surface area contributed by atoms with Gasteiger partial charge in [0.15, 0.2) is 5.82 Å². The lowest BCUT2D eigenvalue weighted by molar-refractivity contribution is 0.0734. The van der Waals surface area contributed by atoms with Crippen LogP contribution in [0.3, 0.4) is 0 Å². The number of carbonyl (C=O) groups is 1. The summed E-state index contributed by atoms with van der Waals surface area (Å²) in [5, 5.41) is 0. The minimum atomic E-state index is -0.390. The molecule has 43 heavy (non-hydrogen) atoms. The van der Waals surface area contributed by atoms with Gasteiger partial charge in [-0.1, -0.05) is 97.3 Å². The van der Waals surface area contributed by atoms with Gasteiger partial charge in [-0.3, -0.25) is 0 Å². The van der Waals surface area contributed by atoms with Crippen LogP contribution in [0.1, 0.15) is 140 Å². The summed E-state index contributed by atoms with van der Waals surface area (Å²) in [6, 6.07) is 16.6. The van der Waals surface area contributed by atoms with E-state index in [9.17, 15) is 4.79 Å². The topological polar surface area (TPSA) is 61.3 Å². The lowest BCUT2D eigenvalue weighted by atomic mass is 10.1. The lowest BCUT2D eigenvalue weighted by Gasteiger charge is -2.15. The number of hydrogen-bond acceptors (Lipinski definition) is 5. The Bertz CT molecular complexity index is 1160. The predicted molar refractivity (Wildman–Crippen MR) is 178 cm³/mol. The van der Waals surface area contributed by atoms with E-state index in [1.807, 2.05) is 36.5 Å². The molecule has 0 aliphatic heterocycles. The van der Waals surface area contributed by atoms with Gasteiger partial charge in [0.25, 0.3) is 0 Å². The number of carbonyl (C=O) groups excluding carboxylic acids is 1. The zero-order valence-electron chi connectivity index (χ0n) is 27.0. The van der Waals surface area contributed by atoms with Crippen molar-refractivity contribution in [3.05, 3.63) is 72.1 Å². The standard InChI is InChI=1S/C38H54N2O3/c1-4-6-8-10-12-14-16-18-20-34-29-30-39-37(40-34)32-21-25-36(26-22-32)43-38(41)33-23-27-35(28-24-33)42-31(3)19-17-15-13-11-9-7-5-2/h21-31H,4-20H2,1-3H3/t31-/m0/s1. The van der Waals surface area contributed by atoms with Crippen molar-refractivity contribution in [3.8, 4) is 22.9 Å². The highest BCUT2D eigenvalue weighted by Crippen LogP contribution is 2.22. The van der Waals surface area contributed by atoms with E-state index in [2.05, 4.69) is 25.8 Å². The molecule has 0 N–H and O–H groups in total. The van der Waals surface area contributed by atoms with Crippen LogP contribution in [-0.4, -0.2) is 22.0 Å². The molecule has 0 radical (unpaired) electrons. The van der Waals surface area contributed by atoms with Crippen LogP contribution in [0.15, 0.2) is 60.8 Å². The van der Waals surface area contributed by atoms with Crippen LogP contribution in [0.4, 0.5) is 0 Å². The van der Waals surface area contributed by atoms with Crippen molar-refractivity contribution >= 4 is 5.97 Å². The van der Waals surface area contributed by atoms with Gasteiger partial charge in [-0.25, -0.2) is 14.8 Å². The summed E-state index contributed by atoms with van der Waals surface area (Å²) in [4.78, 5) is 22.0. The van der Waals surface area contributed by atoms with E-state index in [1.165, 1.54) is 89.9 Å². The van der Waals surface area contributed by atoms with Gasteiger partial charge < -0.3 is 9.47 Å². The van der Waals surface area contributed by atoms with Crippen LogP contribution in [0.5, 0.6) is 11.5 Å². The molecule has 0 saturated heterocycles. The highest BCUT2D eigenvalue weighted by molar-refractivity contribution is 5.91. The van der Waals surface area contributed by atoms with Crippen LogP contribution < -0.4 is 9.47 Å². The monoisotopic (exact) mass is 586 g/mol. The molecule has 3 aromatic rings. The number of benzene rings is 2. The Hall–Kier alpha value is -3.21. The molecule has 3 rings (SSSR count). The molecule has 234 valence electrons. The van der Waals surface area contributed by atoms with Gasteiger partial charge in [-0.15, -0.1) is 0 Å². The van der Waals surface area contributed by atoms with Crippen molar-refractivity contribution in [2.45, 2.75) is 136 Å². The number of aryl methyl sites for hydroxylation is 1. The Morgan fingerprint density at radius 2 is 1.23 bits per heavy atom. The Morgan fingerprint density at radius 3 is 1.86 bits per heavy atom. The molecule has 1 heterocycles. The summed E-state index contributed by atoms with van der Waals surface area (Å²) < 4.78 is 11.7. The van der Waals surface area contributed by atoms with E-state index in [0.29, 0.717) is 17.1 Å². The van der Waals surface area contributed by atoms with Crippen molar-refractivity contribution in [2.24, 2.45) is 0 Å². The maximum Gasteiger partial charge on any atom is 0.343 e. The van der Waals surface area contributed by atoms with Gasteiger partial charge in [0.2, 0.25) is 0 Å². The van der Waals surface area contributed by atoms with Gasteiger partial charge in [-0.2, -0.15) is 0 Å². The highest BCUT2D eigenvalue weighted by atomic mass is 16.5. The number of hydrogen-bond donors (Lipinski definition) is 0.